The number of Topliss-reactive ketones (excluding diaryl/α,β-unsaturated/α-hetero) is 1. The summed E-state index contributed by atoms with van der Waals surface area (Å²) in [6.45, 7) is 0. The van der Waals surface area contributed by atoms with Crippen molar-refractivity contribution in [2.75, 3.05) is 0 Å². The second kappa shape index (κ2) is 3.27. The quantitative estimate of drug-likeness (QED) is 0.723. The van der Waals surface area contributed by atoms with Crippen LogP contribution in [0.5, 0.6) is 0 Å². The fourth-order valence-electron chi connectivity index (χ4n) is 2.05. The minimum atomic E-state index is 0.209. The minimum Gasteiger partial charge on any atom is -0.294 e. The highest BCUT2D eigenvalue weighted by Crippen LogP contribution is 2.25. The molecule has 80 valence electrons. The first-order valence-corrected chi connectivity index (χ1v) is 5.25. The van der Waals surface area contributed by atoms with E-state index in [-0.39, 0.29) is 5.78 Å². The summed E-state index contributed by atoms with van der Waals surface area (Å²) in [7, 11) is 1.88. The molecule has 0 N–H and O–H groups in total. The van der Waals surface area contributed by atoms with Crippen molar-refractivity contribution in [3.05, 3.63) is 35.8 Å². The number of nitrogens with zero attached hydrogens (tertiary/aromatic N) is 3. The van der Waals surface area contributed by atoms with Crippen molar-refractivity contribution in [2.24, 2.45) is 7.05 Å². The smallest absolute Gasteiger partial charge is 0.165 e. The molecule has 4 nitrogen and oxygen atoms in total. The largest absolute Gasteiger partial charge is 0.294 e. The number of hydrogen-bond acceptors (Lipinski definition) is 3. The summed E-state index contributed by atoms with van der Waals surface area (Å²) in [6, 6.07) is 2.00. The number of hydrogen-bond donors (Lipinski definition) is 0. The Balaban J connectivity index is 2.08. The monoisotopic (exact) mass is 213 g/mol. The topological polar surface area (TPSA) is 47.8 Å². The van der Waals surface area contributed by atoms with E-state index in [1.807, 2.05) is 19.3 Å². The van der Waals surface area contributed by atoms with Crippen LogP contribution in [0.2, 0.25) is 0 Å². The third kappa shape index (κ3) is 1.34. The molecule has 0 aromatic carbocycles. The van der Waals surface area contributed by atoms with Crippen LogP contribution < -0.4 is 0 Å². The number of carbonyl (C=O) groups excluding carboxylic acids is 1. The molecule has 4 heteroatoms. The van der Waals surface area contributed by atoms with E-state index in [1.54, 1.807) is 17.1 Å². The molecule has 0 saturated heterocycles. The first-order chi connectivity index (χ1) is 7.74. The van der Waals surface area contributed by atoms with Gasteiger partial charge in [-0.1, -0.05) is 0 Å². The molecule has 16 heavy (non-hydrogen) atoms. The summed E-state index contributed by atoms with van der Waals surface area (Å²) in [5, 5.41) is 4.11. The maximum absolute atomic E-state index is 11.5. The Morgan fingerprint density at radius 1 is 1.31 bits per heavy atom. The van der Waals surface area contributed by atoms with Crippen molar-refractivity contribution in [3.63, 3.8) is 0 Å². The Labute approximate surface area is 92.9 Å². The molecule has 0 saturated carbocycles. The molecule has 0 fully saturated rings. The van der Waals surface area contributed by atoms with Crippen LogP contribution in [-0.2, 0) is 13.5 Å². The van der Waals surface area contributed by atoms with Crippen molar-refractivity contribution in [1.82, 2.24) is 14.8 Å². The summed E-state index contributed by atoms with van der Waals surface area (Å²) in [5.41, 5.74) is 3.78. The molecule has 0 unspecified atom stereocenters. The molecule has 0 bridgehead atoms. The predicted molar refractivity (Wildman–Crippen MR) is 59.1 cm³/mol. The van der Waals surface area contributed by atoms with Gasteiger partial charge >= 0.3 is 0 Å². The summed E-state index contributed by atoms with van der Waals surface area (Å²) in [5.74, 6) is 0.209. The van der Waals surface area contributed by atoms with Gasteiger partial charge < -0.3 is 0 Å². The number of aryl methyl sites for hydroxylation is 2. The molecule has 1 aliphatic rings. The highest BCUT2D eigenvalue weighted by molar-refractivity contribution is 6.00. The second-order valence-corrected chi connectivity index (χ2v) is 4.05. The van der Waals surface area contributed by atoms with Crippen LogP contribution >= 0.6 is 0 Å². The molecule has 1 aliphatic carbocycles. The fourth-order valence-corrected chi connectivity index (χ4v) is 2.05. The van der Waals surface area contributed by atoms with E-state index in [0.717, 1.165) is 28.8 Å². The summed E-state index contributed by atoms with van der Waals surface area (Å²) < 4.78 is 1.75. The van der Waals surface area contributed by atoms with Gasteiger partial charge in [-0.25, -0.2) is 0 Å². The maximum atomic E-state index is 11.5. The number of rotatable bonds is 1. The number of aromatic nitrogens is 3. The Kier molecular flexibility index (Phi) is 1.89. The van der Waals surface area contributed by atoms with E-state index in [4.69, 9.17) is 0 Å². The molecule has 0 aliphatic heterocycles. The van der Waals surface area contributed by atoms with Crippen LogP contribution in [0.3, 0.4) is 0 Å². The lowest BCUT2D eigenvalue weighted by atomic mass is 10.1. The van der Waals surface area contributed by atoms with Crippen LogP contribution in [0.4, 0.5) is 0 Å². The SMILES string of the molecule is Cn1cc(-c2cc3c(cn2)C(=O)CC3)cn1. The predicted octanol–water partition coefficient (Wildman–Crippen LogP) is 1.61. The zero-order valence-electron chi connectivity index (χ0n) is 8.97. The minimum absolute atomic E-state index is 0.209. The first-order valence-electron chi connectivity index (χ1n) is 5.25. The standard InChI is InChI=1S/C12H11N3O/c1-15-7-9(5-14-15)11-4-8-2-3-12(16)10(8)6-13-11/h4-7H,2-3H2,1H3. The Morgan fingerprint density at radius 3 is 2.94 bits per heavy atom. The van der Waals surface area contributed by atoms with Gasteiger partial charge in [0.05, 0.1) is 11.9 Å². The molecule has 2 aromatic heterocycles. The van der Waals surface area contributed by atoms with E-state index < -0.39 is 0 Å². The van der Waals surface area contributed by atoms with Gasteiger partial charge in [-0.15, -0.1) is 0 Å². The van der Waals surface area contributed by atoms with Gasteiger partial charge in [-0.3, -0.25) is 14.5 Å². The van der Waals surface area contributed by atoms with Crippen molar-refractivity contribution < 1.29 is 4.79 Å². The summed E-state index contributed by atoms with van der Waals surface area (Å²) in [4.78, 5) is 15.8. The molecule has 2 heterocycles. The lowest BCUT2D eigenvalue weighted by Gasteiger charge is -2.00. The zero-order valence-corrected chi connectivity index (χ0v) is 8.97. The number of fused-ring (bicyclic) bond motifs is 1. The Hall–Kier alpha value is -1.97. The van der Waals surface area contributed by atoms with Gasteiger partial charge in [0.25, 0.3) is 0 Å². The average molecular weight is 213 g/mol. The third-order valence-electron chi connectivity index (χ3n) is 2.91. The molecule has 2 aromatic rings. The normalized spacial score (nSPS) is 14.2. The highest BCUT2D eigenvalue weighted by Gasteiger charge is 2.20. The molecule has 3 rings (SSSR count). The van der Waals surface area contributed by atoms with Gasteiger partial charge in [0.2, 0.25) is 0 Å². The van der Waals surface area contributed by atoms with Gasteiger partial charge in [0, 0.05) is 37.0 Å². The summed E-state index contributed by atoms with van der Waals surface area (Å²) >= 11 is 0. The lowest BCUT2D eigenvalue weighted by molar-refractivity contribution is 0.0994. The molecule has 0 atom stereocenters. The van der Waals surface area contributed by atoms with Crippen LogP contribution in [-0.4, -0.2) is 20.5 Å². The van der Waals surface area contributed by atoms with E-state index >= 15 is 0 Å². The lowest BCUT2D eigenvalue weighted by Crippen LogP contribution is -1.93. The van der Waals surface area contributed by atoms with E-state index in [9.17, 15) is 4.79 Å². The Morgan fingerprint density at radius 2 is 2.19 bits per heavy atom. The molecular formula is C12H11N3O. The summed E-state index contributed by atoms with van der Waals surface area (Å²) in [6.07, 6.45) is 6.85. The second-order valence-electron chi connectivity index (χ2n) is 4.05. The third-order valence-corrected chi connectivity index (χ3v) is 2.91. The van der Waals surface area contributed by atoms with Crippen LogP contribution in [0.25, 0.3) is 11.3 Å². The fraction of sp³-hybridized carbons (Fsp3) is 0.250. The van der Waals surface area contributed by atoms with Crippen molar-refractivity contribution in [2.45, 2.75) is 12.8 Å². The van der Waals surface area contributed by atoms with Gasteiger partial charge in [-0.2, -0.15) is 5.10 Å². The number of carbonyl (C=O) groups is 1. The van der Waals surface area contributed by atoms with Crippen molar-refractivity contribution in [3.8, 4) is 11.3 Å². The van der Waals surface area contributed by atoms with Crippen molar-refractivity contribution >= 4 is 5.78 Å². The maximum Gasteiger partial charge on any atom is 0.165 e. The van der Waals surface area contributed by atoms with Gasteiger partial charge in [-0.05, 0) is 18.1 Å². The van der Waals surface area contributed by atoms with Crippen LogP contribution in [0.1, 0.15) is 22.3 Å². The molecule has 0 amide bonds. The first kappa shape index (κ1) is 9.27. The molecule has 0 radical (unpaired) electrons. The van der Waals surface area contributed by atoms with Gasteiger partial charge in [0.1, 0.15) is 0 Å². The van der Waals surface area contributed by atoms with E-state index in [2.05, 4.69) is 10.1 Å². The van der Waals surface area contributed by atoms with Crippen LogP contribution in [0.15, 0.2) is 24.7 Å². The number of pyridine rings is 1. The Bertz CT molecular complexity index is 571. The molecule has 0 spiro atoms. The van der Waals surface area contributed by atoms with Crippen LogP contribution in [0, 0.1) is 0 Å². The van der Waals surface area contributed by atoms with Gasteiger partial charge in [0.15, 0.2) is 5.78 Å². The van der Waals surface area contributed by atoms with Crippen molar-refractivity contribution in [1.29, 1.82) is 0 Å². The zero-order chi connectivity index (χ0) is 11.1. The van der Waals surface area contributed by atoms with E-state index in [0.29, 0.717) is 6.42 Å². The van der Waals surface area contributed by atoms with E-state index in [1.165, 1.54) is 0 Å². The molecular weight excluding hydrogens is 202 g/mol. The highest BCUT2D eigenvalue weighted by atomic mass is 16.1. The number of ketones is 1. The average Bonchev–Trinajstić information content (AvgIpc) is 2.86.